The first-order valence-electron chi connectivity index (χ1n) is 5.01. The van der Waals surface area contributed by atoms with Crippen LogP contribution in [0.4, 0.5) is 0 Å². The summed E-state index contributed by atoms with van der Waals surface area (Å²) in [5.74, 6) is -0.114. The van der Waals surface area contributed by atoms with Crippen LogP contribution in [-0.2, 0) is 14.6 Å². The molecule has 1 heterocycles. The fourth-order valence-corrected chi connectivity index (χ4v) is 3.35. The Hall–Kier alpha value is -0.620. The minimum Gasteiger partial charge on any atom is -0.368 e. The number of carbonyl (C=O) groups excluding carboxylic acids is 1. The Labute approximate surface area is 90.3 Å². The lowest BCUT2D eigenvalue weighted by Gasteiger charge is -2.31. The van der Waals surface area contributed by atoms with Crippen molar-refractivity contribution in [2.45, 2.75) is 38.3 Å². The summed E-state index contributed by atoms with van der Waals surface area (Å²) in [6.45, 7) is 3.33. The molecule has 1 fully saturated rings. The molecular weight excluding hydrogens is 216 g/mol. The summed E-state index contributed by atoms with van der Waals surface area (Å²) in [4.78, 5) is 11.1. The van der Waals surface area contributed by atoms with Gasteiger partial charge in [-0.15, -0.1) is 0 Å². The lowest BCUT2D eigenvalue weighted by Crippen LogP contribution is -2.57. The average molecular weight is 234 g/mol. The minimum absolute atomic E-state index is 0.101. The summed E-state index contributed by atoms with van der Waals surface area (Å²) < 4.78 is 22.7. The minimum atomic E-state index is -2.94. The molecule has 6 heteroatoms. The van der Waals surface area contributed by atoms with Gasteiger partial charge in [-0.3, -0.25) is 10.1 Å². The van der Waals surface area contributed by atoms with Crippen LogP contribution in [0.25, 0.3) is 0 Å². The third kappa shape index (κ3) is 3.46. The molecule has 0 saturated carbocycles. The first-order chi connectivity index (χ1) is 6.73. The van der Waals surface area contributed by atoms with Crippen LogP contribution < -0.4 is 11.1 Å². The third-order valence-electron chi connectivity index (χ3n) is 2.64. The van der Waals surface area contributed by atoms with E-state index in [9.17, 15) is 13.2 Å². The Kier molecular flexibility index (Phi) is 3.40. The van der Waals surface area contributed by atoms with Gasteiger partial charge in [0.05, 0.1) is 17.0 Å². The number of rotatable bonds is 3. The second kappa shape index (κ2) is 4.09. The van der Waals surface area contributed by atoms with E-state index in [1.54, 1.807) is 13.8 Å². The van der Waals surface area contributed by atoms with Gasteiger partial charge >= 0.3 is 0 Å². The molecule has 1 amide bonds. The molecule has 1 saturated heterocycles. The summed E-state index contributed by atoms with van der Waals surface area (Å²) in [6, 6.07) is -0.161. The summed E-state index contributed by atoms with van der Waals surface area (Å²) in [7, 11) is -2.94. The molecule has 0 aromatic rings. The van der Waals surface area contributed by atoms with Crippen molar-refractivity contribution in [3.05, 3.63) is 0 Å². The van der Waals surface area contributed by atoms with Gasteiger partial charge in [-0.05, 0) is 26.7 Å². The van der Waals surface area contributed by atoms with Crippen LogP contribution in [0.1, 0.15) is 26.7 Å². The zero-order chi connectivity index (χ0) is 11.7. The number of carbonyl (C=O) groups is 1. The molecular formula is C9H18N2O3S. The molecule has 0 radical (unpaired) electrons. The normalized spacial score (nSPS) is 26.1. The van der Waals surface area contributed by atoms with Crippen LogP contribution in [0.5, 0.6) is 0 Å². The van der Waals surface area contributed by atoms with E-state index >= 15 is 0 Å². The third-order valence-corrected chi connectivity index (χ3v) is 4.46. The van der Waals surface area contributed by atoms with Crippen LogP contribution in [0.2, 0.25) is 0 Å². The number of primary amides is 1. The lowest BCUT2D eigenvalue weighted by atomic mass is 10.0. The molecule has 0 spiro atoms. The quantitative estimate of drug-likeness (QED) is 0.683. The predicted octanol–water partition coefficient (Wildman–Crippen LogP) is -0.583. The number of nitrogens with one attached hydrogen (secondary N) is 1. The predicted molar refractivity (Wildman–Crippen MR) is 58.1 cm³/mol. The highest BCUT2D eigenvalue weighted by Crippen LogP contribution is 2.15. The maximum atomic E-state index is 11.4. The van der Waals surface area contributed by atoms with Gasteiger partial charge in [-0.1, -0.05) is 0 Å². The number of nitrogens with two attached hydrogens (primary N) is 1. The van der Waals surface area contributed by atoms with E-state index in [0.717, 1.165) is 6.42 Å². The molecule has 1 unspecified atom stereocenters. The fourth-order valence-electron chi connectivity index (χ4n) is 1.72. The van der Waals surface area contributed by atoms with Crippen LogP contribution in [-0.4, -0.2) is 37.4 Å². The van der Waals surface area contributed by atoms with Crippen molar-refractivity contribution < 1.29 is 13.2 Å². The molecule has 1 aliphatic rings. The van der Waals surface area contributed by atoms with Crippen molar-refractivity contribution in [1.29, 1.82) is 0 Å². The van der Waals surface area contributed by atoms with E-state index < -0.39 is 21.3 Å². The molecule has 0 aliphatic carbocycles. The molecule has 88 valence electrons. The van der Waals surface area contributed by atoms with E-state index in [4.69, 9.17) is 5.73 Å². The van der Waals surface area contributed by atoms with Crippen molar-refractivity contribution in [3.8, 4) is 0 Å². The SMILES string of the molecule is CC(C)(NC1CCCS(=O)(=O)C1)C(N)=O. The molecule has 15 heavy (non-hydrogen) atoms. The summed E-state index contributed by atoms with van der Waals surface area (Å²) in [6.07, 6.45) is 1.42. The summed E-state index contributed by atoms with van der Waals surface area (Å²) >= 11 is 0. The van der Waals surface area contributed by atoms with Crippen LogP contribution >= 0.6 is 0 Å². The number of hydrogen-bond acceptors (Lipinski definition) is 4. The Balaban J connectivity index is 2.63. The molecule has 1 aliphatic heterocycles. The lowest BCUT2D eigenvalue weighted by molar-refractivity contribution is -0.123. The molecule has 0 aromatic carbocycles. The van der Waals surface area contributed by atoms with E-state index in [1.165, 1.54) is 0 Å². The topological polar surface area (TPSA) is 89.3 Å². The second-order valence-corrected chi connectivity index (χ2v) is 6.82. The number of amides is 1. The Morgan fingerprint density at radius 3 is 2.53 bits per heavy atom. The Morgan fingerprint density at radius 2 is 2.07 bits per heavy atom. The highest BCUT2D eigenvalue weighted by Gasteiger charge is 2.32. The highest BCUT2D eigenvalue weighted by atomic mass is 32.2. The van der Waals surface area contributed by atoms with Crippen molar-refractivity contribution in [3.63, 3.8) is 0 Å². The van der Waals surface area contributed by atoms with Crippen LogP contribution in [0.15, 0.2) is 0 Å². The first kappa shape index (κ1) is 12.4. The Bertz CT molecular complexity index is 348. The van der Waals surface area contributed by atoms with Crippen LogP contribution in [0, 0.1) is 0 Å². The molecule has 0 bridgehead atoms. The first-order valence-corrected chi connectivity index (χ1v) is 6.83. The largest absolute Gasteiger partial charge is 0.368 e. The molecule has 0 aromatic heterocycles. The standard InChI is InChI=1S/C9H18N2O3S/c1-9(2,8(10)12)11-7-4-3-5-15(13,14)6-7/h7,11H,3-6H2,1-2H3,(H2,10,12). The zero-order valence-corrected chi connectivity index (χ0v) is 9.93. The molecule has 3 N–H and O–H groups in total. The number of hydrogen-bond donors (Lipinski definition) is 2. The van der Waals surface area contributed by atoms with E-state index in [0.29, 0.717) is 6.42 Å². The summed E-state index contributed by atoms with van der Waals surface area (Å²) in [5, 5.41) is 3.00. The van der Waals surface area contributed by atoms with E-state index in [2.05, 4.69) is 5.32 Å². The monoisotopic (exact) mass is 234 g/mol. The van der Waals surface area contributed by atoms with Crippen molar-refractivity contribution in [2.75, 3.05) is 11.5 Å². The van der Waals surface area contributed by atoms with Crippen LogP contribution in [0.3, 0.4) is 0 Å². The second-order valence-electron chi connectivity index (χ2n) is 4.59. The van der Waals surface area contributed by atoms with Crippen molar-refractivity contribution in [1.82, 2.24) is 5.32 Å². The van der Waals surface area contributed by atoms with Gasteiger partial charge in [0, 0.05) is 6.04 Å². The zero-order valence-electron chi connectivity index (χ0n) is 9.12. The van der Waals surface area contributed by atoms with Gasteiger partial charge in [0.15, 0.2) is 9.84 Å². The maximum Gasteiger partial charge on any atom is 0.237 e. The van der Waals surface area contributed by atoms with Crippen molar-refractivity contribution in [2.24, 2.45) is 5.73 Å². The molecule has 5 nitrogen and oxygen atoms in total. The highest BCUT2D eigenvalue weighted by molar-refractivity contribution is 7.91. The average Bonchev–Trinajstić information content (AvgIpc) is 2.00. The van der Waals surface area contributed by atoms with Gasteiger partial charge in [0.1, 0.15) is 0 Å². The van der Waals surface area contributed by atoms with E-state index in [-0.39, 0.29) is 17.5 Å². The van der Waals surface area contributed by atoms with E-state index in [1.807, 2.05) is 0 Å². The fraction of sp³-hybridized carbons (Fsp3) is 0.889. The van der Waals surface area contributed by atoms with Gasteiger partial charge in [0.2, 0.25) is 5.91 Å². The van der Waals surface area contributed by atoms with Gasteiger partial charge < -0.3 is 5.73 Å². The maximum absolute atomic E-state index is 11.4. The van der Waals surface area contributed by atoms with Gasteiger partial charge in [-0.25, -0.2) is 8.42 Å². The summed E-state index contributed by atoms with van der Waals surface area (Å²) in [5.41, 5.74) is 4.35. The van der Waals surface area contributed by atoms with Crippen molar-refractivity contribution >= 4 is 15.7 Å². The number of sulfone groups is 1. The Morgan fingerprint density at radius 1 is 1.47 bits per heavy atom. The van der Waals surface area contributed by atoms with Gasteiger partial charge in [-0.2, -0.15) is 0 Å². The molecule has 1 rings (SSSR count). The van der Waals surface area contributed by atoms with Gasteiger partial charge in [0.25, 0.3) is 0 Å². The molecule has 1 atom stereocenters. The smallest absolute Gasteiger partial charge is 0.237 e.